The number of alkyl halides is 3. The van der Waals surface area contributed by atoms with Gasteiger partial charge in [-0.05, 0) is 85.9 Å². The van der Waals surface area contributed by atoms with Gasteiger partial charge in [-0.2, -0.15) is 0 Å². The van der Waals surface area contributed by atoms with Crippen molar-refractivity contribution in [1.29, 1.82) is 0 Å². The summed E-state index contributed by atoms with van der Waals surface area (Å²) >= 11 is 0. The second kappa shape index (κ2) is 10.2. The number of fused-ring (bicyclic) bond motifs is 1. The smallest absolute Gasteiger partial charge is 0.406 e. The Bertz CT molecular complexity index is 1170. The highest BCUT2D eigenvalue weighted by Crippen LogP contribution is 2.46. The van der Waals surface area contributed by atoms with E-state index < -0.39 is 6.36 Å². The summed E-state index contributed by atoms with van der Waals surface area (Å²) < 4.78 is 43.7. The molecule has 1 heterocycles. The summed E-state index contributed by atoms with van der Waals surface area (Å²) in [5, 5.41) is 3.35. The molecule has 1 fully saturated rings. The third kappa shape index (κ3) is 6.46. The lowest BCUT2D eigenvalue weighted by Crippen LogP contribution is -2.29. The number of aromatic nitrogens is 2. The SMILES string of the molecule is Cc1ccc2c(nc(Nc3ccc(OC(F)(F)F)cc3)n2[C@@H]2C[C@H](C)CC(C)(C)C2)c1C.NC=O. The molecular formula is C26H33F3N4O2. The normalized spacial score (nSPS) is 19.5. The zero-order valence-corrected chi connectivity index (χ0v) is 20.7. The molecule has 35 heavy (non-hydrogen) atoms. The van der Waals surface area contributed by atoms with E-state index in [0.717, 1.165) is 29.4 Å². The number of benzene rings is 2. The van der Waals surface area contributed by atoms with Crippen molar-refractivity contribution in [2.75, 3.05) is 5.32 Å². The van der Waals surface area contributed by atoms with Crippen LogP contribution in [0, 0.1) is 25.2 Å². The number of carbonyl (C=O) groups excluding carboxylic acids is 1. The largest absolute Gasteiger partial charge is 0.573 e. The number of hydrogen-bond donors (Lipinski definition) is 2. The van der Waals surface area contributed by atoms with Crippen LogP contribution in [0.4, 0.5) is 24.8 Å². The standard InChI is InChI=1S/C25H30F3N3O.CH3NO/c1-15-12-19(14-24(4,5)13-15)31-21-11-6-16(2)17(3)22(21)30-23(31)29-18-7-9-20(10-8-18)32-25(26,27)28;2-1-3/h6-11,15,19H,12-14H2,1-5H3,(H,29,30);1H,(H2,2,3)/t15-,19+;/m0./s1. The van der Waals surface area contributed by atoms with Crippen LogP contribution >= 0.6 is 0 Å². The third-order valence-electron chi connectivity index (χ3n) is 6.46. The fraction of sp³-hybridized carbons (Fsp3) is 0.462. The number of nitrogens with one attached hydrogen (secondary N) is 1. The van der Waals surface area contributed by atoms with Gasteiger partial charge in [0.15, 0.2) is 0 Å². The summed E-state index contributed by atoms with van der Waals surface area (Å²) in [7, 11) is 0. The number of imidazole rings is 1. The number of aryl methyl sites for hydroxylation is 2. The molecule has 0 aliphatic heterocycles. The predicted octanol–water partition coefficient (Wildman–Crippen LogP) is 6.78. The second-order valence-corrected chi connectivity index (χ2v) is 10.1. The molecule has 4 rings (SSSR count). The number of hydrogen-bond acceptors (Lipinski definition) is 4. The molecular weight excluding hydrogens is 457 g/mol. The maximum atomic E-state index is 12.5. The minimum atomic E-state index is -4.71. The van der Waals surface area contributed by atoms with Gasteiger partial charge in [0.05, 0.1) is 11.0 Å². The van der Waals surface area contributed by atoms with Crippen molar-refractivity contribution in [3.63, 3.8) is 0 Å². The third-order valence-corrected chi connectivity index (χ3v) is 6.46. The van der Waals surface area contributed by atoms with E-state index in [1.54, 1.807) is 12.1 Å². The molecule has 0 radical (unpaired) electrons. The summed E-state index contributed by atoms with van der Waals surface area (Å²) in [5.41, 5.74) is 9.42. The van der Waals surface area contributed by atoms with Gasteiger partial charge in [0, 0.05) is 11.7 Å². The number of primary amides is 1. The first-order valence-corrected chi connectivity index (χ1v) is 11.6. The zero-order valence-electron chi connectivity index (χ0n) is 20.7. The molecule has 3 aromatic rings. The van der Waals surface area contributed by atoms with Crippen LogP contribution in [0.5, 0.6) is 5.75 Å². The maximum absolute atomic E-state index is 12.5. The average molecular weight is 491 g/mol. The van der Waals surface area contributed by atoms with Crippen molar-refractivity contribution in [1.82, 2.24) is 9.55 Å². The lowest BCUT2D eigenvalue weighted by molar-refractivity contribution is -0.274. The molecule has 3 N–H and O–H groups in total. The van der Waals surface area contributed by atoms with E-state index in [2.05, 4.69) is 67.1 Å². The molecule has 6 nitrogen and oxygen atoms in total. The lowest BCUT2D eigenvalue weighted by atomic mass is 9.70. The van der Waals surface area contributed by atoms with Crippen molar-refractivity contribution in [3.05, 3.63) is 47.5 Å². The molecule has 0 bridgehead atoms. The molecule has 1 aliphatic rings. The Morgan fingerprint density at radius 2 is 1.77 bits per heavy atom. The van der Waals surface area contributed by atoms with Crippen LogP contribution in [-0.4, -0.2) is 22.3 Å². The predicted molar refractivity (Wildman–Crippen MR) is 132 cm³/mol. The van der Waals surface area contributed by atoms with E-state index in [1.165, 1.54) is 24.1 Å². The Kier molecular flexibility index (Phi) is 7.67. The average Bonchev–Trinajstić information content (AvgIpc) is 3.09. The van der Waals surface area contributed by atoms with Gasteiger partial charge in [0.25, 0.3) is 0 Å². The number of anilines is 2. The monoisotopic (exact) mass is 490 g/mol. The first-order valence-electron chi connectivity index (χ1n) is 11.6. The van der Waals surface area contributed by atoms with Gasteiger partial charge in [-0.15, -0.1) is 13.2 Å². The van der Waals surface area contributed by atoms with Gasteiger partial charge in [0.2, 0.25) is 12.4 Å². The molecule has 1 amide bonds. The van der Waals surface area contributed by atoms with Crippen molar-refractivity contribution in [2.45, 2.75) is 66.3 Å². The topological polar surface area (TPSA) is 82.2 Å². The summed E-state index contributed by atoms with van der Waals surface area (Å²) in [6, 6.07) is 10.3. The fourth-order valence-corrected chi connectivity index (χ4v) is 5.22. The van der Waals surface area contributed by atoms with Gasteiger partial charge in [-0.1, -0.05) is 26.8 Å². The van der Waals surface area contributed by atoms with Gasteiger partial charge >= 0.3 is 6.36 Å². The molecule has 2 atom stereocenters. The van der Waals surface area contributed by atoms with E-state index >= 15 is 0 Å². The van der Waals surface area contributed by atoms with E-state index in [9.17, 15) is 13.2 Å². The van der Waals surface area contributed by atoms with E-state index in [1.807, 2.05) is 0 Å². The minimum absolute atomic E-state index is 0.229. The second-order valence-electron chi connectivity index (χ2n) is 10.1. The van der Waals surface area contributed by atoms with Crippen molar-refractivity contribution in [2.24, 2.45) is 17.1 Å². The van der Waals surface area contributed by atoms with Gasteiger partial charge < -0.3 is 20.4 Å². The van der Waals surface area contributed by atoms with E-state index in [4.69, 9.17) is 9.78 Å². The molecule has 190 valence electrons. The summed E-state index contributed by atoms with van der Waals surface area (Å²) in [6.45, 7) is 11.1. The van der Waals surface area contributed by atoms with Gasteiger partial charge in [0.1, 0.15) is 5.75 Å². The number of nitrogens with two attached hydrogens (primary N) is 1. The van der Waals surface area contributed by atoms with E-state index in [0.29, 0.717) is 17.6 Å². The lowest BCUT2D eigenvalue weighted by Gasteiger charge is -2.40. The van der Waals surface area contributed by atoms with Gasteiger partial charge in [-0.25, -0.2) is 4.98 Å². The minimum Gasteiger partial charge on any atom is -0.406 e. The molecule has 0 spiro atoms. The van der Waals surface area contributed by atoms with E-state index in [-0.39, 0.29) is 23.6 Å². The van der Waals surface area contributed by atoms with Crippen molar-refractivity contribution < 1.29 is 22.7 Å². The van der Waals surface area contributed by atoms with Gasteiger partial charge in [-0.3, -0.25) is 4.79 Å². The highest BCUT2D eigenvalue weighted by Gasteiger charge is 2.35. The Morgan fingerprint density at radius 1 is 1.14 bits per heavy atom. The molecule has 2 aromatic carbocycles. The van der Waals surface area contributed by atoms with Crippen molar-refractivity contribution >= 4 is 29.1 Å². The highest BCUT2D eigenvalue weighted by atomic mass is 19.4. The molecule has 1 saturated carbocycles. The van der Waals surface area contributed by atoms with Crippen LogP contribution in [-0.2, 0) is 4.79 Å². The van der Waals surface area contributed by atoms with Crippen LogP contribution in [0.2, 0.25) is 0 Å². The van der Waals surface area contributed by atoms with Crippen LogP contribution < -0.4 is 15.8 Å². The fourth-order valence-electron chi connectivity index (χ4n) is 5.22. The summed E-state index contributed by atoms with van der Waals surface area (Å²) in [4.78, 5) is 13.5. The molecule has 0 saturated heterocycles. The maximum Gasteiger partial charge on any atom is 0.573 e. The summed E-state index contributed by atoms with van der Waals surface area (Å²) in [5.74, 6) is 1.07. The number of carbonyl (C=O) groups is 1. The van der Waals surface area contributed by atoms with Crippen LogP contribution in [0.15, 0.2) is 36.4 Å². The van der Waals surface area contributed by atoms with Crippen LogP contribution in [0.3, 0.4) is 0 Å². The number of amides is 1. The Morgan fingerprint density at radius 3 is 2.34 bits per heavy atom. The first kappa shape index (κ1) is 26.4. The molecule has 9 heteroatoms. The Hall–Kier alpha value is -3.23. The molecule has 1 aromatic heterocycles. The number of rotatable bonds is 4. The number of ether oxygens (including phenoxy) is 1. The Labute approximate surface area is 203 Å². The first-order chi connectivity index (χ1) is 16.3. The zero-order chi connectivity index (χ0) is 26.0. The molecule has 0 unspecified atom stereocenters. The van der Waals surface area contributed by atoms with Crippen LogP contribution in [0.25, 0.3) is 11.0 Å². The molecule has 1 aliphatic carbocycles. The van der Waals surface area contributed by atoms with Crippen LogP contribution in [0.1, 0.15) is 57.2 Å². The number of halogens is 3. The summed E-state index contributed by atoms with van der Waals surface area (Å²) in [6.07, 6.45) is -1.15. The van der Waals surface area contributed by atoms with Crippen molar-refractivity contribution in [3.8, 4) is 5.75 Å². The number of nitrogens with zero attached hydrogens (tertiary/aromatic N) is 2. The quantitative estimate of drug-likeness (QED) is 0.395. The highest BCUT2D eigenvalue weighted by molar-refractivity contribution is 5.84. The Balaban J connectivity index is 0.00000108.